The molecule has 1 aromatic heterocycles. The van der Waals surface area contributed by atoms with E-state index in [9.17, 15) is 28.2 Å². The van der Waals surface area contributed by atoms with E-state index < -0.39 is 75.5 Å². The van der Waals surface area contributed by atoms with E-state index in [-0.39, 0.29) is 44.4 Å². The number of hydrogen-bond donors (Lipinski definition) is 0. The van der Waals surface area contributed by atoms with Gasteiger partial charge in [-0.1, -0.05) is 16.8 Å². The van der Waals surface area contributed by atoms with Crippen LogP contribution in [0.1, 0.15) is 44.8 Å². The van der Waals surface area contributed by atoms with Gasteiger partial charge in [-0.25, -0.2) is 14.6 Å². The second-order valence-corrected chi connectivity index (χ2v) is 13.5. The molecule has 4 radical (unpaired) electrons. The molecule has 19 heteroatoms. The van der Waals surface area contributed by atoms with Gasteiger partial charge < -0.3 is 18.9 Å². The second-order valence-electron chi connectivity index (χ2n) is 9.97. The zero-order chi connectivity index (χ0) is 31.5. The molecular weight excluding hydrogens is 635 g/mol. The van der Waals surface area contributed by atoms with Crippen LogP contribution in [0.15, 0.2) is 16.4 Å². The Balaban J connectivity index is 1.92. The Morgan fingerprint density at radius 3 is 2.48 bits per heavy atom. The second kappa shape index (κ2) is 13.7. The lowest BCUT2D eigenvalue weighted by atomic mass is 9.89. The van der Waals surface area contributed by atoms with Gasteiger partial charge in [0.1, 0.15) is 31.7 Å². The Labute approximate surface area is 259 Å². The first-order valence-electron chi connectivity index (χ1n) is 12.1. The Morgan fingerprint density at radius 2 is 1.90 bits per heavy atom. The predicted molar refractivity (Wildman–Crippen MR) is 152 cm³/mol. The molecule has 222 valence electrons. The summed E-state index contributed by atoms with van der Waals surface area (Å²) in [6, 6.07) is 0. The maximum Gasteiger partial charge on any atom is 0.378 e. The number of esters is 1. The summed E-state index contributed by atoms with van der Waals surface area (Å²) in [5.41, 5.74) is -1.47. The number of carbonyl (C=O) groups is 5. The number of amides is 1. The van der Waals surface area contributed by atoms with E-state index in [0.29, 0.717) is 0 Å². The van der Waals surface area contributed by atoms with Gasteiger partial charge in [-0.15, -0.1) is 22.9 Å². The molecule has 0 aromatic carbocycles. The number of carbonyl (C=O) groups excluding carboxylic acids is 5. The van der Waals surface area contributed by atoms with E-state index in [0.717, 1.165) is 16.2 Å². The molecule has 1 fully saturated rings. The van der Waals surface area contributed by atoms with Gasteiger partial charge in [0.2, 0.25) is 12.0 Å². The van der Waals surface area contributed by atoms with Gasteiger partial charge in [0, 0.05) is 23.1 Å². The van der Waals surface area contributed by atoms with Crippen LogP contribution < -0.4 is 0 Å². The SMILES string of the molecule is [B]OC(=O)C1=C(CCl)CS(=O)[C@@H]2[C@H](CC(=O)/C(=N\O[C@@H](C)C(=O)O[B])c3nc(CC(=O)OC(C)(C)C)sc3Cl)C(=O)N12. The van der Waals surface area contributed by atoms with Crippen molar-refractivity contribution >= 4 is 96.7 Å². The number of nitrogens with zero attached hydrogens (tertiary/aromatic N) is 3. The molecule has 3 heterocycles. The van der Waals surface area contributed by atoms with Gasteiger partial charge in [-0.05, 0) is 33.3 Å². The summed E-state index contributed by atoms with van der Waals surface area (Å²) >= 11 is 13.1. The molecule has 13 nitrogen and oxygen atoms in total. The van der Waals surface area contributed by atoms with Crippen LogP contribution in [0.25, 0.3) is 0 Å². The number of alkyl halides is 1. The van der Waals surface area contributed by atoms with E-state index in [1.165, 1.54) is 6.92 Å². The van der Waals surface area contributed by atoms with Crippen LogP contribution in [-0.4, -0.2) is 94.2 Å². The summed E-state index contributed by atoms with van der Waals surface area (Å²) in [5.74, 6) is -5.70. The summed E-state index contributed by atoms with van der Waals surface area (Å²) in [5, 5.41) is 2.87. The van der Waals surface area contributed by atoms with Crippen molar-refractivity contribution in [2.75, 3.05) is 11.6 Å². The van der Waals surface area contributed by atoms with E-state index in [1.807, 2.05) is 0 Å². The first-order chi connectivity index (χ1) is 19.6. The molecule has 0 aliphatic carbocycles. The van der Waals surface area contributed by atoms with Crippen molar-refractivity contribution in [1.29, 1.82) is 0 Å². The smallest absolute Gasteiger partial charge is 0.378 e. The topological polar surface area (TPSA) is 168 Å². The molecule has 2 aliphatic heterocycles. The van der Waals surface area contributed by atoms with E-state index in [1.54, 1.807) is 20.8 Å². The highest BCUT2D eigenvalue weighted by Crippen LogP contribution is 2.41. The Kier molecular flexibility index (Phi) is 11.0. The van der Waals surface area contributed by atoms with Crippen LogP contribution in [0.2, 0.25) is 4.34 Å². The zero-order valence-corrected chi connectivity index (χ0v) is 25.9. The summed E-state index contributed by atoms with van der Waals surface area (Å²) in [6.45, 7) is 6.32. The van der Waals surface area contributed by atoms with Gasteiger partial charge in [-0.2, -0.15) is 0 Å². The third kappa shape index (κ3) is 7.41. The lowest BCUT2D eigenvalue weighted by molar-refractivity contribution is -0.154. The molecule has 2 aliphatic rings. The van der Waals surface area contributed by atoms with Crippen molar-refractivity contribution in [3.63, 3.8) is 0 Å². The molecule has 1 amide bonds. The fourth-order valence-electron chi connectivity index (χ4n) is 4.01. The first-order valence-corrected chi connectivity index (χ1v) is 15.2. The molecular formula is C23H23B2Cl2N3O10S2. The minimum absolute atomic E-state index is 0.0521. The van der Waals surface area contributed by atoms with Crippen molar-refractivity contribution in [3.8, 4) is 0 Å². The minimum atomic E-state index is -1.73. The Morgan fingerprint density at radius 1 is 1.24 bits per heavy atom. The maximum absolute atomic E-state index is 13.5. The fraction of sp³-hybridized carbons (Fsp3) is 0.522. The van der Waals surface area contributed by atoms with Gasteiger partial charge in [-0.3, -0.25) is 23.5 Å². The van der Waals surface area contributed by atoms with Crippen molar-refractivity contribution in [1.82, 2.24) is 9.88 Å². The van der Waals surface area contributed by atoms with Crippen LogP contribution >= 0.6 is 34.5 Å². The molecule has 1 saturated heterocycles. The van der Waals surface area contributed by atoms with Gasteiger partial charge in [0.25, 0.3) is 0 Å². The highest BCUT2D eigenvalue weighted by Gasteiger charge is 2.57. The van der Waals surface area contributed by atoms with Gasteiger partial charge in [0.05, 0.1) is 18.1 Å². The van der Waals surface area contributed by atoms with Crippen LogP contribution in [0, 0.1) is 5.92 Å². The Bertz CT molecular complexity index is 1390. The molecule has 4 atom stereocenters. The van der Waals surface area contributed by atoms with Crippen molar-refractivity contribution in [2.45, 2.75) is 57.6 Å². The predicted octanol–water partition coefficient (Wildman–Crippen LogP) is 1.04. The highest BCUT2D eigenvalue weighted by molar-refractivity contribution is 7.86. The van der Waals surface area contributed by atoms with E-state index in [2.05, 4.69) is 19.4 Å². The van der Waals surface area contributed by atoms with Gasteiger partial charge >= 0.3 is 34.0 Å². The minimum Gasteiger partial charge on any atom is -0.541 e. The van der Waals surface area contributed by atoms with E-state index in [4.69, 9.17) is 48.9 Å². The van der Waals surface area contributed by atoms with Crippen molar-refractivity contribution in [3.05, 3.63) is 26.3 Å². The number of hydrogen-bond acceptors (Lipinski definition) is 13. The third-order valence-corrected chi connectivity index (χ3v) is 9.05. The normalized spacial score (nSPS) is 21.2. The van der Waals surface area contributed by atoms with Crippen molar-refractivity contribution in [2.24, 2.45) is 11.1 Å². The number of aromatic nitrogens is 1. The number of rotatable bonds is 11. The number of halogens is 2. The van der Waals surface area contributed by atoms with Crippen LogP contribution in [0.5, 0.6) is 0 Å². The van der Waals surface area contributed by atoms with Gasteiger partial charge in [0.15, 0.2) is 11.5 Å². The Hall–Kier alpha value is -2.75. The number of β-lactam (4-membered cyclic amide) rings is 1. The number of ketones is 1. The summed E-state index contributed by atoms with van der Waals surface area (Å²) < 4.78 is 26.6. The van der Waals surface area contributed by atoms with Crippen LogP contribution in [0.3, 0.4) is 0 Å². The molecule has 0 spiro atoms. The molecule has 3 rings (SSSR count). The number of thiazole rings is 1. The quantitative estimate of drug-likeness (QED) is 0.0833. The number of Topliss-reactive ketones (excluding diaryl/α,β-unsaturated/α-hetero) is 1. The molecule has 0 N–H and O–H groups in total. The lowest BCUT2D eigenvalue weighted by Gasteiger charge is -2.49. The first kappa shape index (κ1) is 33.7. The standard InChI is InChI=1S/C23H23B2Cl2N3O10S2/c1-9(21(34)38-24)40-29-15(16-18(27)41-13(28-16)6-14(32)37-23(2,3)4)12(31)5-11-19(33)30-17(22(35)39-25)10(7-26)8-42(36)20(11)30/h9,11,20H,5-8H2,1-4H3/b29-15+/t9-,11+,20+,42?/m0/s1. The molecule has 42 heavy (non-hydrogen) atoms. The largest absolute Gasteiger partial charge is 0.541 e. The molecule has 1 aromatic rings. The third-order valence-electron chi connectivity index (χ3n) is 5.77. The highest BCUT2D eigenvalue weighted by atomic mass is 35.5. The average molecular weight is 658 g/mol. The van der Waals surface area contributed by atoms with Crippen LogP contribution in [0.4, 0.5) is 0 Å². The monoisotopic (exact) mass is 657 g/mol. The lowest BCUT2D eigenvalue weighted by Crippen LogP contribution is -2.66. The molecule has 0 bridgehead atoms. The summed E-state index contributed by atoms with van der Waals surface area (Å²) in [4.78, 5) is 73.2. The van der Waals surface area contributed by atoms with E-state index >= 15 is 0 Å². The van der Waals surface area contributed by atoms with Crippen molar-refractivity contribution < 1.29 is 47.1 Å². The zero-order valence-electron chi connectivity index (χ0n) is 22.7. The number of oxime groups is 1. The summed E-state index contributed by atoms with van der Waals surface area (Å²) in [7, 11) is 8.14. The molecule has 0 saturated carbocycles. The average Bonchev–Trinajstić information content (AvgIpc) is 3.27. The van der Waals surface area contributed by atoms with Crippen LogP contribution in [-0.2, 0) is 60.1 Å². The maximum atomic E-state index is 13.5. The summed E-state index contributed by atoms with van der Waals surface area (Å²) in [6.07, 6.45) is -2.18. The number of fused-ring (bicyclic) bond motifs is 1. The number of ether oxygens (including phenoxy) is 1. The fourth-order valence-corrected chi connectivity index (χ4v) is 7.29. The molecule has 1 unspecified atom stereocenters.